The number of nitrogens with one attached hydrogen (secondary N) is 1. The molecule has 0 unspecified atom stereocenters. The number of hydrogen-bond acceptors (Lipinski definition) is 4. The summed E-state index contributed by atoms with van der Waals surface area (Å²) in [6.45, 7) is 0. The number of hydrogen-bond donors (Lipinski definition) is 2. The van der Waals surface area contributed by atoms with Gasteiger partial charge in [0.1, 0.15) is 0 Å². The lowest BCUT2D eigenvalue weighted by Gasteiger charge is -2.06. The van der Waals surface area contributed by atoms with Gasteiger partial charge in [-0.15, -0.1) is 0 Å². The molecule has 3 rings (SSSR count). The number of carbonyl (C=O) groups excluding carboxylic acids is 1. The lowest BCUT2D eigenvalue weighted by Crippen LogP contribution is -2.15. The van der Waals surface area contributed by atoms with Crippen molar-refractivity contribution in [1.29, 1.82) is 0 Å². The molecule has 0 aliphatic heterocycles. The molecule has 0 bridgehead atoms. The van der Waals surface area contributed by atoms with Gasteiger partial charge in [0.05, 0.1) is 19.2 Å². The summed E-state index contributed by atoms with van der Waals surface area (Å²) in [4.78, 5) is 12.1. The first-order valence-corrected chi connectivity index (χ1v) is 7.42. The van der Waals surface area contributed by atoms with Crippen LogP contribution in [-0.4, -0.2) is 27.9 Å². The number of aromatic nitrogens is 2. The highest BCUT2D eigenvalue weighted by Gasteiger charge is 2.09. The molecule has 6 nitrogen and oxygen atoms in total. The van der Waals surface area contributed by atoms with Gasteiger partial charge in [-0.2, -0.15) is 5.10 Å². The Kier molecular flexibility index (Phi) is 4.47. The Hall–Kier alpha value is -3.28. The number of nitrogens with zero attached hydrogens (tertiary/aromatic N) is 2. The van der Waals surface area contributed by atoms with E-state index in [1.807, 2.05) is 30.3 Å². The van der Waals surface area contributed by atoms with Crippen LogP contribution in [0.25, 0.3) is 5.69 Å². The maximum absolute atomic E-state index is 12.1. The smallest absolute Gasteiger partial charge is 0.229 e. The summed E-state index contributed by atoms with van der Waals surface area (Å²) < 4.78 is 6.73. The third kappa shape index (κ3) is 3.55. The van der Waals surface area contributed by atoms with Crippen LogP contribution in [0.1, 0.15) is 5.56 Å². The molecule has 0 aliphatic carbocycles. The Morgan fingerprint density at radius 3 is 2.75 bits per heavy atom. The lowest BCUT2D eigenvalue weighted by atomic mass is 10.1. The Morgan fingerprint density at radius 1 is 1.21 bits per heavy atom. The topological polar surface area (TPSA) is 76.4 Å². The van der Waals surface area contributed by atoms with E-state index in [9.17, 15) is 9.90 Å². The zero-order chi connectivity index (χ0) is 16.9. The van der Waals surface area contributed by atoms with Gasteiger partial charge in [-0.05, 0) is 29.8 Å². The van der Waals surface area contributed by atoms with Gasteiger partial charge in [-0.25, -0.2) is 4.68 Å². The predicted molar refractivity (Wildman–Crippen MR) is 90.6 cm³/mol. The molecule has 24 heavy (non-hydrogen) atoms. The van der Waals surface area contributed by atoms with Crippen molar-refractivity contribution in [3.63, 3.8) is 0 Å². The molecule has 0 spiro atoms. The van der Waals surface area contributed by atoms with Crippen LogP contribution < -0.4 is 10.1 Å². The zero-order valence-electron chi connectivity index (χ0n) is 13.1. The number of anilines is 1. The Bertz CT molecular complexity index is 844. The van der Waals surface area contributed by atoms with Crippen LogP contribution >= 0.6 is 0 Å². The number of benzene rings is 2. The quantitative estimate of drug-likeness (QED) is 0.757. The third-order valence-corrected chi connectivity index (χ3v) is 3.49. The molecule has 0 saturated heterocycles. The first-order chi connectivity index (χ1) is 11.7. The van der Waals surface area contributed by atoms with Crippen molar-refractivity contribution >= 4 is 11.7 Å². The van der Waals surface area contributed by atoms with Crippen molar-refractivity contribution in [1.82, 2.24) is 9.78 Å². The van der Waals surface area contributed by atoms with E-state index >= 15 is 0 Å². The van der Waals surface area contributed by atoms with Gasteiger partial charge in [-0.1, -0.05) is 24.3 Å². The Balaban J connectivity index is 1.66. The standard InChI is InChI=1S/C18H17N3O3/c1-24-16-11-13(7-8-15(16)22)12-18(23)19-17-9-10-21(20-17)14-5-3-2-4-6-14/h2-11,22H,12H2,1H3,(H,19,20,23). The molecule has 0 aliphatic rings. The minimum Gasteiger partial charge on any atom is -0.504 e. The molecule has 1 heterocycles. The molecule has 122 valence electrons. The van der Waals surface area contributed by atoms with Crippen LogP contribution in [0.4, 0.5) is 5.82 Å². The average Bonchev–Trinajstić information content (AvgIpc) is 3.05. The molecular weight excluding hydrogens is 306 g/mol. The summed E-state index contributed by atoms with van der Waals surface area (Å²) in [7, 11) is 1.47. The fourth-order valence-corrected chi connectivity index (χ4v) is 2.32. The van der Waals surface area contributed by atoms with E-state index in [4.69, 9.17) is 4.74 Å². The van der Waals surface area contributed by atoms with Crippen molar-refractivity contribution in [2.45, 2.75) is 6.42 Å². The molecule has 0 saturated carbocycles. The summed E-state index contributed by atoms with van der Waals surface area (Å²) in [5.41, 5.74) is 1.66. The summed E-state index contributed by atoms with van der Waals surface area (Å²) >= 11 is 0. The van der Waals surface area contributed by atoms with Gasteiger partial charge in [0, 0.05) is 12.3 Å². The predicted octanol–water partition coefficient (Wildman–Crippen LogP) is 2.77. The molecule has 1 amide bonds. The number of aromatic hydroxyl groups is 1. The fraction of sp³-hybridized carbons (Fsp3) is 0.111. The highest BCUT2D eigenvalue weighted by atomic mass is 16.5. The Morgan fingerprint density at radius 2 is 2.00 bits per heavy atom. The normalized spacial score (nSPS) is 10.4. The minimum absolute atomic E-state index is 0.0447. The molecule has 0 radical (unpaired) electrons. The van der Waals surface area contributed by atoms with Crippen LogP contribution in [0.15, 0.2) is 60.8 Å². The van der Waals surface area contributed by atoms with Crippen LogP contribution in [0.5, 0.6) is 11.5 Å². The fourth-order valence-electron chi connectivity index (χ4n) is 2.32. The summed E-state index contributed by atoms with van der Waals surface area (Å²) in [6.07, 6.45) is 1.95. The van der Waals surface area contributed by atoms with E-state index < -0.39 is 0 Å². The van der Waals surface area contributed by atoms with Crippen molar-refractivity contribution < 1.29 is 14.6 Å². The van der Waals surface area contributed by atoms with Crippen LogP contribution in [-0.2, 0) is 11.2 Å². The van der Waals surface area contributed by atoms with Gasteiger partial charge in [0.15, 0.2) is 17.3 Å². The molecular formula is C18H17N3O3. The van der Waals surface area contributed by atoms with E-state index in [2.05, 4.69) is 10.4 Å². The minimum atomic E-state index is -0.193. The van der Waals surface area contributed by atoms with Gasteiger partial charge < -0.3 is 15.2 Å². The van der Waals surface area contributed by atoms with Gasteiger partial charge in [-0.3, -0.25) is 4.79 Å². The number of amides is 1. The second-order valence-corrected chi connectivity index (χ2v) is 5.21. The number of carbonyl (C=O) groups is 1. The lowest BCUT2D eigenvalue weighted by molar-refractivity contribution is -0.115. The summed E-state index contributed by atoms with van der Waals surface area (Å²) in [5, 5.41) is 16.7. The highest BCUT2D eigenvalue weighted by Crippen LogP contribution is 2.26. The van der Waals surface area contributed by atoms with Crippen molar-refractivity contribution in [2.24, 2.45) is 0 Å². The number of phenolic OH excluding ortho intramolecular Hbond substituents is 1. The van der Waals surface area contributed by atoms with E-state index in [-0.39, 0.29) is 18.1 Å². The molecule has 1 aromatic heterocycles. The molecule has 3 aromatic rings. The molecule has 2 N–H and O–H groups in total. The molecule has 6 heteroatoms. The van der Waals surface area contributed by atoms with Gasteiger partial charge >= 0.3 is 0 Å². The van der Waals surface area contributed by atoms with E-state index in [0.29, 0.717) is 11.6 Å². The maximum Gasteiger partial charge on any atom is 0.229 e. The van der Waals surface area contributed by atoms with Crippen molar-refractivity contribution in [3.8, 4) is 17.2 Å². The number of phenols is 1. The first kappa shape index (κ1) is 15.6. The molecule has 0 fully saturated rings. The molecule has 2 aromatic carbocycles. The van der Waals surface area contributed by atoms with E-state index in [1.165, 1.54) is 13.2 Å². The third-order valence-electron chi connectivity index (χ3n) is 3.49. The van der Waals surface area contributed by atoms with Crippen LogP contribution in [0, 0.1) is 0 Å². The van der Waals surface area contributed by atoms with Crippen LogP contribution in [0.2, 0.25) is 0 Å². The van der Waals surface area contributed by atoms with E-state index in [0.717, 1.165) is 11.3 Å². The largest absolute Gasteiger partial charge is 0.504 e. The number of ether oxygens (including phenoxy) is 1. The number of methoxy groups -OCH3 is 1. The second-order valence-electron chi connectivity index (χ2n) is 5.21. The first-order valence-electron chi connectivity index (χ1n) is 7.42. The van der Waals surface area contributed by atoms with Crippen LogP contribution in [0.3, 0.4) is 0 Å². The maximum atomic E-state index is 12.1. The van der Waals surface area contributed by atoms with Gasteiger partial charge in [0.25, 0.3) is 0 Å². The molecule has 0 atom stereocenters. The number of rotatable bonds is 5. The second kappa shape index (κ2) is 6.87. The van der Waals surface area contributed by atoms with Crippen molar-refractivity contribution in [2.75, 3.05) is 12.4 Å². The highest BCUT2D eigenvalue weighted by molar-refractivity contribution is 5.91. The monoisotopic (exact) mass is 323 g/mol. The zero-order valence-corrected chi connectivity index (χ0v) is 13.1. The van der Waals surface area contributed by atoms with E-state index in [1.54, 1.807) is 29.1 Å². The van der Waals surface area contributed by atoms with Crippen molar-refractivity contribution in [3.05, 3.63) is 66.4 Å². The average molecular weight is 323 g/mol. The number of para-hydroxylation sites is 1. The SMILES string of the molecule is COc1cc(CC(=O)Nc2ccn(-c3ccccc3)n2)ccc1O. The summed E-state index contributed by atoms with van der Waals surface area (Å²) in [6, 6.07) is 16.2. The summed E-state index contributed by atoms with van der Waals surface area (Å²) in [5.74, 6) is 0.674. The Labute approximate surface area is 139 Å². The van der Waals surface area contributed by atoms with Gasteiger partial charge in [0.2, 0.25) is 5.91 Å².